The fourth-order valence-corrected chi connectivity index (χ4v) is 3.34. The maximum atomic E-state index is 12.2. The number of nitrogens with one attached hydrogen (secondary N) is 1. The van der Waals surface area contributed by atoms with Crippen LogP contribution in [0.4, 0.5) is 5.69 Å². The van der Waals surface area contributed by atoms with Crippen LogP contribution in [0.25, 0.3) is 0 Å². The lowest BCUT2D eigenvalue weighted by atomic mass is 9.91. The molecule has 146 valence electrons. The first-order valence-electron chi connectivity index (χ1n) is 7.80. The average Bonchev–Trinajstić information content (AvgIpc) is 2.51. The van der Waals surface area contributed by atoms with Gasteiger partial charge in [0.15, 0.2) is 0 Å². The number of nitro benzene ring substituents is 1. The first-order valence-corrected chi connectivity index (χ1v) is 8.78. The third-order valence-corrected chi connectivity index (χ3v) is 4.61. The molecule has 1 aromatic rings. The standard InChI is InChI=1S/C16H24N4O4S.ClH/c1-10(2)7-16(3,9-17)19-14(21)8-25-13-5-4-11(15(18)22)6-12(13)20(23)24;/h4-6,10H,7-9,17H2,1-3H3,(H2,18,22)(H,19,21);1H. The van der Waals surface area contributed by atoms with E-state index in [4.69, 9.17) is 11.5 Å². The van der Waals surface area contributed by atoms with Gasteiger partial charge in [-0.2, -0.15) is 0 Å². The second-order valence-electron chi connectivity index (χ2n) is 6.50. The SMILES string of the molecule is CC(C)CC(C)(CN)NC(=O)CSc1ccc(C(N)=O)cc1[N+](=O)[O-].Cl. The molecule has 0 aromatic heterocycles. The predicted octanol–water partition coefficient (Wildman–Crippen LogP) is 2.09. The molecule has 5 N–H and O–H groups in total. The van der Waals surface area contributed by atoms with Gasteiger partial charge in [0, 0.05) is 23.7 Å². The molecule has 0 heterocycles. The minimum atomic E-state index is -0.746. The van der Waals surface area contributed by atoms with Gasteiger partial charge in [0.25, 0.3) is 5.69 Å². The number of nitrogens with two attached hydrogens (primary N) is 2. The van der Waals surface area contributed by atoms with Crippen LogP contribution in [0.5, 0.6) is 0 Å². The highest BCUT2D eigenvalue weighted by molar-refractivity contribution is 8.00. The Morgan fingerprint density at radius 1 is 1.38 bits per heavy atom. The molecule has 1 aromatic carbocycles. The average molecular weight is 405 g/mol. The number of primary amides is 1. The molecule has 0 saturated heterocycles. The van der Waals surface area contributed by atoms with E-state index in [0.717, 1.165) is 24.2 Å². The van der Waals surface area contributed by atoms with Crippen LogP contribution in [0.2, 0.25) is 0 Å². The molecule has 1 rings (SSSR count). The van der Waals surface area contributed by atoms with Gasteiger partial charge in [-0.25, -0.2) is 0 Å². The highest BCUT2D eigenvalue weighted by Gasteiger charge is 2.26. The third kappa shape index (κ3) is 7.19. The molecular formula is C16H25ClN4O4S. The van der Waals surface area contributed by atoms with Gasteiger partial charge in [-0.15, -0.1) is 24.2 Å². The number of hydrogen-bond donors (Lipinski definition) is 3. The van der Waals surface area contributed by atoms with Crippen LogP contribution in [-0.4, -0.2) is 34.6 Å². The van der Waals surface area contributed by atoms with Crippen molar-refractivity contribution >= 4 is 41.7 Å². The van der Waals surface area contributed by atoms with Crippen LogP contribution in [0.15, 0.2) is 23.1 Å². The summed E-state index contributed by atoms with van der Waals surface area (Å²) in [6, 6.07) is 3.94. The first-order chi connectivity index (χ1) is 11.6. The molecule has 0 aliphatic carbocycles. The number of hydrogen-bond acceptors (Lipinski definition) is 6. The fraction of sp³-hybridized carbons (Fsp3) is 0.500. The predicted molar refractivity (Wildman–Crippen MR) is 105 cm³/mol. The Balaban J connectivity index is 0.00000625. The van der Waals surface area contributed by atoms with Crippen molar-refractivity contribution < 1.29 is 14.5 Å². The van der Waals surface area contributed by atoms with Crippen molar-refractivity contribution in [1.82, 2.24) is 5.32 Å². The van der Waals surface area contributed by atoms with E-state index < -0.39 is 16.4 Å². The first kappa shape index (κ1) is 24.2. The van der Waals surface area contributed by atoms with Crippen molar-refractivity contribution in [2.75, 3.05) is 12.3 Å². The van der Waals surface area contributed by atoms with Crippen LogP contribution >= 0.6 is 24.2 Å². The molecule has 8 nitrogen and oxygen atoms in total. The van der Waals surface area contributed by atoms with Crippen molar-refractivity contribution in [3.8, 4) is 0 Å². The summed E-state index contributed by atoms with van der Waals surface area (Å²) >= 11 is 1.03. The van der Waals surface area contributed by atoms with E-state index in [9.17, 15) is 19.7 Å². The van der Waals surface area contributed by atoms with Gasteiger partial charge in [-0.1, -0.05) is 13.8 Å². The Morgan fingerprint density at radius 3 is 2.46 bits per heavy atom. The van der Waals surface area contributed by atoms with E-state index in [1.807, 2.05) is 20.8 Å². The summed E-state index contributed by atoms with van der Waals surface area (Å²) in [7, 11) is 0. The van der Waals surface area contributed by atoms with Crippen LogP contribution in [0.1, 0.15) is 37.6 Å². The molecule has 2 amide bonds. The lowest BCUT2D eigenvalue weighted by Crippen LogP contribution is -2.52. The van der Waals surface area contributed by atoms with E-state index >= 15 is 0 Å². The summed E-state index contributed by atoms with van der Waals surface area (Å²) in [5, 5.41) is 14.1. The maximum absolute atomic E-state index is 12.2. The zero-order valence-electron chi connectivity index (χ0n) is 15.0. The lowest BCUT2D eigenvalue weighted by Gasteiger charge is -2.31. The van der Waals surface area contributed by atoms with Crippen molar-refractivity contribution in [3.05, 3.63) is 33.9 Å². The van der Waals surface area contributed by atoms with Gasteiger partial charge in [-0.05, 0) is 31.4 Å². The van der Waals surface area contributed by atoms with E-state index in [-0.39, 0.29) is 35.3 Å². The zero-order valence-corrected chi connectivity index (χ0v) is 16.6. The molecule has 10 heteroatoms. The van der Waals surface area contributed by atoms with Crippen molar-refractivity contribution in [2.45, 2.75) is 37.6 Å². The summed E-state index contributed by atoms with van der Waals surface area (Å²) in [6.45, 7) is 6.26. The van der Waals surface area contributed by atoms with Gasteiger partial charge in [0.05, 0.1) is 15.6 Å². The molecule has 1 unspecified atom stereocenters. The second kappa shape index (κ2) is 10.3. The molecular weight excluding hydrogens is 380 g/mol. The summed E-state index contributed by atoms with van der Waals surface area (Å²) < 4.78 is 0. The number of rotatable bonds is 9. The number of nitrogens with zero attached hydrogens (tertiary/aromatic N) is 1. The minimum absolute atomic E-state index is 0. The molecule has 0 aliphatic heterocycles. The van der Waals surface area contributed by atoms with Gasteiger partial charge in [-0.3, -0.25) is 19.7 Å². The van der Waals surface area contributed by atoms with Crippen LogP contribution in [0, 0.1) is 16.0 Å². The number of benzene rings is 1. The topological polar surface area (TPSA) is 141 Å². The number of amides is 2. The highest BCUT2D eigenvalue weighted by Crippen LogP contribution is 2.30. The normalized spacial score (nSPS) is 12.8. The number of thioether (sulfide) groups is 1. The Labute approximate surface area is 163 Å². The van der Waals surface area contributed by atoms with E-state index in [1.165, 1.54) is 12.1 Å². The van der Waals surface area contributed by atoms with Crippen LogP contribution in [0.3, 0.4) is 0 Å². The second-order valence-corrected chi connectivity index (χ2v) is 7.52. The van der Waals surface area contributed by atoms with Gasteiger partial charge in [0.1, 0.15) is 0 Å². The van der Waals surface area contributed by atoms with Gasteiger partial charge < -0.3 is 16.8 Å². The molecule has 0 fully saturated rings. The summed E-state index contributed by atoms with van der Waals surface area (Å²) in [6.07, 6.45) is 0.730. The molecule has 0 saturated carbocycles. The molecule has 0 bridgehead atoms. The van der Waals surface area contributed by atoms with Crippen LogP contribution < -0.4 is 16.8 Å². The largest absolute Gasteiger partial charge is 0.366 e. The summed E-state index contributed by atoms with van der Waals surface area (Å²) in [5.41, 5.74) is 10.2. The van der Waals surface area contributed by atoms with Crippen LogP contribution in [-0.2, 0) is 4.79 Å². The summed E-state index contributed by atoms with van der Waals surface area (Å²) in [4.78, 5) is 34.2. The number of carbonyl (C=O) groups is 2. The molecule has 0 aliphatic rings. The van der Waals surface area contributed by atoms with E-state index in [1.54, 1.807) is 0 Å². The fourth-order valence-electron chi connectivity index (χ4n) is 2.54. The Kier molecular flexibility index (Phi) is 9.61. The number of nitro groups is 1. The highest BCUT2D eigenvalue weighted by atomic mass is 35.5. The molecule has 0 spiro atoms. The monoisotopic (exact) mass is 404 g/mol. The zero-order chi connectivity index (χ0) is 19.2. The quantitative estimate of drug-likeness (QED) is 0.327. The van der Waals surface area contributed by atoms with E-state index in [2.05, 4.69) is 5.32 Å². The molecule has 0 radical (unpaired) electrons. The number of halogens is 1. The smallest absolute Gasteiger partial charge is 0.283 e. The Morgan fingerprint density at radius 2 is 2.00 bits per heavy atom. The maximum Gasteiger partial charge on any atom is 0.283 e. The number of carbonyl (C=O) groups excluding carboxylic acids is 2. The van der Waals surface area contributed by atoms with Crippen molar-refractivity contribution in [3.63, 3.8) is 0 Å². The molecule has 1 atom stereocenters. The summed E-state index contributed by atoms with van der Waals surface area (Å²) in [5.74, 6) is -0.634. The van der Waals surface area contributed by atoms with Crippen molar-refractivity contribution in [2.24, 2.45) is 17.4 Å². The Hall–Kier alpha value is -1.84. The molecule has 26 heavy (non-hydrogen) atoms. The van der Waals surface area contributed by atoms with E-state index in [0.29, 0.717) is 17.4 Å². The third-order valence-electron chi connectivity index (χ3n) is 3.55. The van der Waals surface area contributed by atoms with Gasteiger partial charge in [0.2, 0.25) is 11.8 Å². The lowest BCUT2D eigenvalue weighted by molar-refractivity contribution is -0.387. The van der Waals surface area contributed by atoms with Gasteiger partial charge >= 0.3 is 0 Å². The van der Waals surface area contributed by atoms with Crippen molar-refractivity contribution in [1.29, 1.82) is 0 Å². The minimum Gasteiger partial charge on any atom is -0.366 e. The Bertz CT molecular complexity index is 672.